The van der Waals surface area contributed by atoms with Gasteiger partial charge in [0.25, 0.3) is 5.91 Å². The van der Waals surface area contributed by atoms with Crippen LogP contribution in [0.4, 0.5) is 0 Å². The van der Waals surface area contributed by atoms with Crippen LogP contribution in [0, 0.1) is 0 Å². The molecule has 1 aliphatic carbocycles. The molecule has 1 saturated heterocycles. The summed E-state index contributed by atoms with van der Waals surface area (Å²) in [6.07, 6.45) is 8.98. The minimum absolute atomic E-state index is 0.136. The number of amides is 1. The summed E-state index contributed by atoms with van der Waals surface area (Å²) in [7, 11) is 0. The molecule has 3 aliphatic heterocycles. The average Bonchev–Trinajstić information content (AvgIpc) is 2.97. The van der Waals surface area contributed by atoms with E-state index in [1.807, 2.05) is 0 Å². The number of rotatable bonds is 0. The lowest BCUT2D eigenvalue weighted by molar-refractivity contribution is -0.149. The van der Waals surface area contributed by atoms with Crippen molar-refractivity contribution in [1.82, 2.24) is 14.9 Å². The highest BCUT2D eigenvalue weighted by atomic mass is 16.3. The van der Waals surface area contributed by atoms with Gasteiger partial charge in [-0.25, -0.2) is 0 Å². The number of hydrogen-bond donors (Lipinski definition) is 2. The number of hydrogen-bond acceptors (Lipinski definition) is 5. The second-order valence-electron chi connectivity index (χ2n) is 8.73. The number of hydrazine groups is 1. The van der Waals surface area contributed by atoms with Crippen molar-refractivity contribution in [1.29, 1.82) is 0 Å². The molecule has 4 aliphatic rings. The monoisotopic (exact) mass is 427 g/mol. The first kappa shape index (κ1) is 19.3. The fourth-order valence-corrected chi connectivity index (χ4v) is 5.38. The van der Waals surface area contributed by atoms with Crippen LogP contribution >= 0.6 is 0 Å². The minimum Gasteiger partial charge on any atom is -0.507 e. The zero-order valence-corrected chi connectivity index (χ0v) is 17.7. The van der Waals surface area contributed by atoms with Crippen LogP contribution in [0.5, 0.6) is 0 Å². The normalized spacial score (nSPS) is 27.3. The first-order valence-electron chi connectivity index (χ1n) is 11.1. The molecule has 1 amide bonds. The molecule has 0 saturated carbocycles. The lowest BCUT2D eigenvalue weighted by Gasteiger charge is -2.49. The lowest BCUT2D eigenvalue weighted by atomic mass is 9.89. The van der Waals surface area contributed by atoms with E-state index >= 15 is 0 Å². The molecule has 3 atom stereocenters. The van der Waals surface area contributed by atoms with Crippen molar-refractivity contribution in [2.75, 3.05) is 13.2 Å². The van der Waals surface area contributed by atoms with Crippen LogP contribution in [0.1, 0.15) is 40.3 Å². The van der Waals surface area contributed by atoms with Crippen LogP contribution in [0.15, 0.2) is 72.3 Å². The molecule has 0 aromatic heterocycles. The van der Waals surface area contributed by atoms with Gasteiger partial charge in [0.1, 0.15) is 6.10 Å². The Kier molecular flexibility index (Phi) is 4.45. The van der Waals surface area contributed by atoms with Gasteiger partial charge in [-0.3, -0.25) is 9.80 Å². The molecule has 0 radical (unpaired) electrons. The summed E-state index contributed by atoms with van der Waals surface area (Å²) in [6, 6.07) is 14.9. The molecular weight excluding hydrogens is 402 g/mol. The summed E-state index contributed by atoms with van der Waals surface area (Å²) in [4.78, 5) is 15.1. The third-order valence-electron chi connectivity index (χ3n) is 6.92. The third-order valence-corrected chi connectivity index (χ3v) is 6.92. The molecule has 3 unspecified atom stereocenters. The first-order chi connectivity index (χ1) is 15.6. The van der Waals surface area contributed by atoms with Gasteiger partial charge in [0.2, 0.25) is 0 Å². The average molecular weight is 428 g/mol. The molecule has 162 valence electrons. The second-order valence-corrected chi connectivity index (χ2v) is 8.73. The highest BCUT2D eigenvalue weighted by Gasteiger charge is 2.44. The molecule has 2 N–H and O–H groups in total. The van der Waals surface area contributed by atoms with Crippen molar-refractivity contribution in [2.24, 2.45) is 0 Å². The molecule has 2 bridgehead atoms. The number of aryl methyl sites for hydroxylation is 2. The van der Waals surface area contributed by atoms with Crippen molar-refractivity contribution in [3.05, 3.63) is 100 Å². The Morgan fingerprint density at radius 1 is 1.00 bits per heavy atom. The van der Waals surface area contributed by atoms with Crippen LogP contribution in [-0.2, 0) is 17.6 Å². The van der Waals surface area contributed by atoms with Gasteiger partial charge in [0.05, 0.1) is 12.7 Å². The number of carbonyl (C=O) groups is 1. The third kappa shape index (κ3) is 2.83. The van der Waals surface area contributed by atoms with E-state index in [2.05, 4.69) is 59.6 Å². The maximum Gasteiger partial charge on any atom is 0.276 e. The Labute approximate surface area is 187 Å². The Morgan fingerprint density at radius 3 is 2.72 bits per heavy atom. The van der Waals surface area contributed by atoms with Gasteiger partial charge in [-0.1, -0.05) is 54.6 Å². The van der Waals surface area contributed by atoms with Crippen LogP contribution in [-0.4, -0.2) is 50.4 Å². The fourth-order valence-electron chi connectivity index (χ4n) is 5.38. The maximum absolute atomic E-state index is 13.3. The number of benzene rings is 2. The van der Waals surface area contributed by atoms with Crippen molar-refractivity contribution in [2.45, 2.75) is 31.4 Å². The van der Waals surface area contributed by atoms with E-state index in [1.54, 1.807) is 16.1 Å². The van der Waals surface area contributed by atoms with Crippen LogP contribution < -0.4 is 0 Å². The minimum atomic E-state index is -1.18. The second kappa shape index (κ2) is 7.36. The molecule has 6 heteroatoms. The van der Waals surface area contributed by atoms with Gasteiger partial charge < -0.3 is 15.1 Å². The number of aliphatic hydroxyl groups excluding tert-OH is 2. The Bertz CT molecular complexity index is 1200. The van der Waals surface area contributed by atoms with E-state index in [0.29, 0.717) is 13.2 Å². The largest absolute Gasteiger partial charge is 0.507 e. The molecule has 32 heavy (non-hydrogen) atoms. The summed E-state index contributed by atoms with van der Waals surface area (Å²) in [6.45, 7) is 0.941. The number of nitrogens with zero attached hydrogens (tertiary/aromatic N) is 3. The Hall–Kier alpha value is -3.35. The molecule has 1 fully saturated rings. The van der Waals surface area contributed by atoms with E-state index in [-0.39, 0.29) is 23.4 Å². The summed E-state index contributed by atoms with van der Waals surface area (Å²) in [5.74, 6) is -0.554. The van der Waals surface area contributed by atoms with E-state index in [9.17, 15) is 15.0 Å². The highest BCUT2D eigenvalue weighted by molar-refractivity contribution is 5.94. The van der Waals surface area contributed by atoms with Gasteiger partial charge in [-0.05, 0) is 53.2 Å². The van der Waals surface area contributed by atoms with Crippen molar-refractivity contribution < 1.29 is 15.0 Å². The van der Waals surface area contributed by atoms with Crippen LogP contribution in [0.2, 0.25) is 0 Å². The predicted octanol–water partition coefficient (Wildman–Crippen LogP) is 3.27. The quantitative estimate of drug-likeness (QED) is 0.676. The highest BCUT2D eigenvalue weighted by Crippen LogP contribution is 2.43. The smallest absolute Gasteiger partial charge is 0.276 e. The molecule has 2 aromatic rings. The van der Waals surface area contributed by atoms with Crippen molar-refractivity contribution in [3.8, 4) is 0 Å². The molecule has 2 aromatic carbocycles. The number of carbonyl (C=O) groups excluding carboxylic acids is 1. The van der Waals surface area contributed by atoms with Gasteiger partial charge in [-0.15, -0.1) is 0 Å². The number of fused-ring (bicyclic) bond motifs is 7. The molecular formula is C26H25N3O3. The summed E-state index contributed by atoms with van der Waals surface area (Å²) in [5.41, 5.74) is 6.36. The summed E-state index contributed by atoms with van der Waals surface area (Å²) >= 11 is 0. The van der Waals surface area contributed by atoms with Crippen molar-refractivity contribution in [3.63, 3.8) is 0 Å². The van der Waals surface area contributed by atoms with Gasteiger partial charge >= 0.3 is 0 Å². The van der Waals surface area contributed by atoms with Gasteiger partial charge in [0.15, 0.2) is 11.5 Å². The van der Waals surface area contributed by atoms with E-state index < -0.39 is 6.10 Å². The summed E-state index contributed by atoms with van der Waals surface area (Å²) < 4.78 is 0. The summed E-state index contributed by atoms with van der Waals surface area (Å²) in [5, 5.41) is 24.9. The first-order valence-corrected chi connectivity index (χ1v) is 11.1. The maximum atomic E-state index is 13.3. The van der Waals surface area contributed by atoms with E-state index in [4.69, 9.17) is 0 Å². The van der Waals surface area contributed by atoms with E-state index in [1.165, 1.54) is 33.9 Å². The zero-order valence-electron chi connectivity index (χ0n) is 17.7. The zero-order chi connectivity index (χ0) is 21.8. The number of aliphatic hydroxyl groups is 2. The SMILES string of the molecule is O=C1C2=C(O)C(O)C=CN2N2CN1CC/C=C\c1cccc3c1C2c1ccccc1CC3. The standard InChI is InChI=1S/C26H25N3O3/c30-21-13-15-28-24(25(21)31)26(32)27-14-4-3-7-18-8-5-9-19-12-11-17-6-1-2-10-20(17)23(22(18)19)29(28)16-27/h1-3,5-10,13,15,21,23,30-31H,4,11-12,14,16H2/b7-3-. The van der Waals surface area contributed by atoms with E-state index in [0.717, 1.165) is 19.3 Å². The van der Waals surface area contributed by atoms with Crippen LogP contribution in [0.3, 0.4) is 0 Å². The predicted molar refractivity (Wildman–Crippen MR) is 121 cm³/mol. The van der Waals surface area contributed by atoms with Crippen LogP contribution in [0.25, 0.3) is 6.08 Å². The van der Waals surface area contributed by atoms with Crippen molar-refractivity contribution >= 4 is 12.0 Å². The molecule has 3 heterocycles. The lowest BCUT2D eigenvalue weighted by Crippen LogP contribution is -2.59. The van der Waals surface area contributed by atoms with Gasteiger partial charge in [0, 0.05) is 12.7 Å². The Morgan fingerprint density at radius 2 is 1.81 bits per heavy atom. The van der Waals surface area contributed by atoms with Gasteiger partial charge in [-0.2, -0.15) is 5.01 Å². The fraction of sp³-hybridized carbons (Fsp3) is 0.269. The Balaban J connectivity index is 1.64. The molecule has 0 spiro atoms. The topological polar surface area (TPSA) is 67.2 Å². The molecule has 6 nitrogen and oxygen atoms in total. The molecule has 6 rings (SSSR count).